The molecule has 13 heavy (non-hydrogen) atoms. The number of allylic oxidation sites excluding steroid dienone is 1. The van der Waals surface area contributed by atoms with Crippen molar-refractivity contribution in [1.29, 1.82) is 0 Å². The summed E-state index contributed by atoms with van der Waals surface area (Å²) in [7, 11) is 0. The number of aromatic nitrogens is 4. The third-order valence-electron chi connectivity index (χ3n) is 1.75. The van der Waals surface area contributed by atoms with E-state index >= 15 is 0 Å². The Morgan fingerprint density at radius 1 is 1.38 bits per heavy atom. The average Bonchev–Trinajstić information content (AvgIpc) is 2.62. The largest absolute Gasteiger partial charge is 0.405 e. The highest BCUT2D eigenvalue weighted by Gasteiger charge is 2.02. The molecule has 2 aromatic rings. The second-order valence-corrected chi connectivity index (χ2v) is 2.55. The first kappa shape index (κ1) is 7.72. The summed E-state index contributed by atoms with van der Waals surface area (Å²) in [6.07, 6.45) is 7.14. The van der Waals surface area contributed by atoms with Crippen molar-refractivity contribution in [3.05, 3.63) is 30.6 Å². The predicted octanol–water partition coefficient (Wildman–Crippen LogP) is 0.368. The Morgan fingerprint density at radius 2 is 2.31 bits per heavy atom. The first-order chi connectivity index (χ1) is 6.42. The number of fused-ring (bicyclic) bond motifs is 1. The van der Waals surface area contributed by atoms with Crippen LogP contribution in [-0.4, -0.2) is 19.9 Å². The highest BCUT2D eigenvalue weighted by molar-refractivity contribution is 5.72. The molecule has 0 aliphatic heterocycles. The molecule has 5 nitrogen and oxygen atoms in total. The molecule has 0 fully saturated rings. The Hall–Kier alpha value is -1.91. The van der Waals surface area contributed by atoms with Crippen molar-refractivity contribution < 1.29 is 0 Å². The zero-order valence-corrected chi connectivity index (χ0v) is 6.94. The van der Waals surface area contributed by atoms with Gasteiger partial charge in [-0.1, -0.05) is 6.08 Å². The van der Waals surface area contributed by atoms with Crippen LogP contribution in [0.3, 0.4) is 0 Å². The lowest BCUT2D eigenvalue weighted by Crippen LogP contribution is -1.92. The molecule has 0 bridgehead atoms. The van der Waals surface area contributed by atoms with E-state index in [4.69, 9.17) is 5.73 Å². The standard InChI is InChI=1S/C8H9N5/c9-3-1-2-6-7-8(12-4-10-6)13-5-11-7/h1,3-5H,2,9H2,(H,10,11,12,13). The van der Waals surface area contributed by atoms with E-state index in [2.05, 4.69) is 19.9 Å². The SMILES string of the molecule is NC=CCc1ncnc2nc[nH]c12. The summed E-state index contributed by atoms with van der Waals surface area (Å²) in [5.74, 6) is 0. The van der Waals surface area contributed by atoms with Crippen LogP contribution in [0.25, 0.3) is 11.2 Å². The second-order valence-electron chi connectivity index (χ2n) is 2.55. The van der Waals surface area contributed by atoms with Crippen LogP contribution < -0.4 is 5.73 Å². The topological polar surface area (TPSA) is 80.5 Å². The summed E-state index contributed by atoms with van der Waals surface area (Å²) < 4.78 is 0. The molecule has 0 aromatic carbocycles. The predicted molar refractivity (Wildman–Crippen MR) is 48.7 cm³/mol. The number of aromatic amines is 1. The van der Waals surface area contributed by atoms with Crippen molar-refractivity contribution in [3.63, 3.8) is 0 Å². The fourth-order valence-corrected chi connectivity index (χ4v) is 1.15. The zero-order chi connectivity index (χ0) is 9.10. The Kier molecular flexibility index (Phi) is 1.91. The quantitative estimate of drug-likeness (QED) is 0.690. The highest BCUT2D eigenvalue weighted by atomic mass is 15.0. The number of nitrogens with one attached hydrogen (secondary N) is 1. The molecule has 0 aliphatic rings. The molecule has 0 saturated heterocycles. The third-order valence-corrected chi connectivity index (χ3v) is 1.75. The molecule has 66 valence electrons. The lowest BCUT2D eigenvalue weighted by Gasteiger charge is -1.95. The number of nitrogens with two attached hydrogens (primary N) is 1. The molecule has 3 N–H and O–H groups in total. The van der Waals surface area contributed by atoms with Gasteiger partial charge >= 0.3 is 0 Å². The van der Waals surface area contributed by atoms with E-state index in [1.54, 1.807) is 6.33 Å². The van der Waals surface area contributed by atoms with E-state index in [1.165, 1.54) is 12.5 Å². The van der Waals surface area contributed by atoms with Gasteiger partial charge in [0, 0.05) is 6.42 Å². The fraction of sp³-hybridized carbons (Fsp3) is 0.125. The van der Waals surface area contributed by atoms with Gasteiger partial charge in [0.2, 0.25) is 0 Å². The number of hydrogen-bond acceptors (Lipinski definition) is 4. The van der Waals surface area contributed by atoms with E-state index in [-0.39, 0.29) is 0 Å². The zero-order valence-electron chi connectivity index (χ0n) is 6.94. The Bertz CT molecular complexity index is 431. The van der Waals surface area contributed by atoms with E-state index < -0.39 is 0 Å². The molecule has 2 heterocycles. The molecule has 0 radical (unpaired) electrons. The molecule has 0 atom stereocenters. The van der Waals surface area contributed by atoms with Crippen LogP contribution in [0.1, 0.15) is 5.69 Å². The van der Waals surface area contributed by atoms with Crippen molar-refractivity contribution in [1.82, 2.24) is 19.9 Å². The normalized spacial score (nSPS) is 11.4. The molecular formula is C8H9N5. The lowest BCUT2D eigenvalue weighted by molar-refractivity contribution is 1.08. The van der Waals surface area contributed by atoms with Crippen LogP contribution in [0.2, 0.25) is 0 Å². The van der Waals surface area contributed by atoms with Gasteiger partial charge in [0.1, 0.15) is 11.8 Å². The number of rotatable bonds is 2. The number of nitrogens with zero attached hydrogens (tertiary/aromatic N) is 3. The number of H-pyrrole nitrogens is 1. The molecule has 0 aliphatic carbocycles. The summed E-state index contributed by atoms with van der Waals surface area (Å²) >= 11 is 0. The van der Waals surface area contributed by atoms with Crippen LogP contribution in [0.15, 0.2) is 24.9 Å². The summed E-state index contributed by atoms with van der Waals surface area (Å²) in [4.78, 5) is 15.1. The van der Waals surface area contributed by atoms with E-state index in [1.807, 2.05) is 6.08 Å². The van der Waals surface area contributed by atoms with E-state index in [0.29, 0.717) is 12.1 Å². The maximum atomic E-state index is 5.25. The van der Waals surface area contributed by atoms with E-state index in [0.717, 1.165) is 11.2 Å². The smallest absolute Gasteiger partial charge is 0.180 e. The Balaban J connectivity index is 2.48. The average molecular weight is 175 g/mol. The molecule has 0 saturated carbocycles. The van der Waals surface area contributed by atoms with Crippen LogP contribution in [0.5, 0.6) is 0 Å². The minimum atomic E-state index is 0.690. The maximum Gasteiger partial charge on any atom is 0.180 e. The van der Waals surface area contributed by atoms with Gasteiger partial charge < -0.3 is 10.7 Å². The van der Waals surface area contributed by atoms with Crippen LogP contribution in [0, 0.1) is 0 Å². The molecule has 5 heteroatoms. The first-order valence-corrected chi connectivity index (χ1v) is 3.91. The van der Waals surface area contributed by atoms with Crippen molar-refractivity contribution in [2.24, 2.45) is 5.73 Å². The second kappa shape index (κ2) is 3.22. The number of hydrogen-bond donors (Lipinski definition) is 2. The lowest BCUT2D eigenvalue weighted by atomic mass is 10.2. The van der Waals surface area contributed by atoms with Crippen molar-refractivity contribution >= 4 is 11.2 Å². The van der Waals surface area contributed by atoms with E-state index in [9.17, 15) is 0 Å². The summed E-state index contributed by atoms with van der Waals surface area (Å²) in [5, 5.41) is 0. The number of imidazole rings is 1. The Morgan fingerprint density at radius 3 is 3.15 bits per heavy atom. The van der Waals surface area contributed by atoms with Gasteiger partial charge in [0.05, 0.1) is 12.0 Å². The molecule has 2 rings (SSSR count). The third kappa shape index (κ3) is 1.35. The van der Waals surface area contributed by atoms with Crippen LogP contribution >= 0.6 is 0 Å². The Labute approximate surface area is 74.7 Å². The van der Waals surface area contributed by atoms with Crippen molar-refractivity contribution in [2.45, 2.75) is 6.42 Å². The summed E-state index contributed by atoms with van der Waals surface area (Å²) in [6.45, 7) is 0. The first-order valence-electron chi connectivity index (χ1n) is 3.91. The van der Waals surface area contributed by atoms with Gasteiger partial charge in [-0.2, -0.15) is 0 Å². The van der Waals surface area contributed by atoms with Gasteiger partial charge in [-0.05, 0) is 6.20 Å². The van der Waals surface area contributed by atoms with Gasteiger partial charge in [-0.25, -0.2) is 15.0 Å². The molecule has 2 aromatic heterocycles. The molecule has 0 amide bonds. The molecule has 0 unspecified atom stereocenters. The van der Waals surface area contributed by atoms with Gasteiger partial charge in [0.25, 0.3) is 0 Å². The monoisotopic (exact) mass is 175 g/mol. The highest BCUT2D eigenvalue weighted by Crippen LogP contribution is 2.09. The van der Waals surface area contributed by atoms with Gasteiger partial charge in [0.15, 0.2) is 5.65 Å². The minimum Gasteiger partial charge on any atom is -0.405 e. The summed E-state index contributed by atoms with van der Waals surface area (Å²) in [6, 6.07) is 0. The van der Waals surface area contributed by atoms with Crippen LogP contribution in [0.4, 0.5) is 0 Å². The van der Waals surface area contributed by atoms with Crippen LogP contribution in [-0.2, 0) is 6.42 Å². The molecule has 0 spiro atoms. The van der Waals surface area contributed by atoms with Crippen molar-refractivity contribution in [2.75, 3.05) is 0 Å². The minimum absolute atomic E-state index is 0.690. The van der Waals surface area contributed by atoms with Crippen molar-refractivity contribution in [3.8, 4) is 0 Å². The van der Waals surface area contributed by atoms with Gasteiger partial charge in [-0.15, -0.1) is 0 Å². The van der Waals surface area contributed by atoms with Gasteiger partial charge in [-0.3, -0.25) is 0 Å². The maximum absolute atomic E-state index is 5.25. The summed E-state index contributed by atoms with van der Waals surface area (Å²) in [5.41, 5.74) is 7.72. The fourth-order valence-electron chi connectivity index (χ4n) is 1.15. The molecular weight excluding hydrogens is 166 g/mol.